The topological polar surface area (TPSA) is 66.8 Å². The second-order valence-corrected chi connectivity index (χ2v) is 5.51. The summed E-state index contributed by atoms with van der Waals surface area (Å²) in [6.07, 6.45) is 0. The van der Waals surface area contributed by atoms with E-state index in [0.29, 0.717) is 5.69 Å². The molecule has 0 radical (unpaired) electrons. The molecule has 1 N–H and O–H groups in total. The van der Waals surface area contributed by atoms with Crippen molar-refractivity contribution in [1.82, 2.24) is 0 Å². The summed E-state index contributed by atoms with van der Waals surface area (Å²) < 4.78 is 18.6. The van der Waals surface area contributed by atoms with Crippen molar-refractivity contribution in [2.45, 2.75) is 6.92 Å². The molecule has 0 saturated heterocycles. The third kappa shape index (κ3) is 4.70. The van der Waals surface area contributed by atoms with E-state index in [-0.39, 0.29) is 35.4 Å². The van der Waals surface area contributed by atoms with Crippen LogP contribution in [0.3, 0.4) is 0 Å². The smallest absolute Gasteiger partial charge is 0.335 e. The Morgan fingerprint density at radius 1 is 1.25 bits per heavy atom. The van der Waals surface area contributed by atoms with E-state index in [1.165, 1.54) is 31.2 Å². The Balaban J connectivity index is 2.20. The lowest BCUT2D eigenvalue weighted by Gasteiger charge is -2.24. The van der Waals surface area contributed by atoms with Crippen LogP contribution < -0.4 is 9.64 Å². The minimum absolute atomic E-state index is 0.0296. The van der Waals surface area contributed by atoms with Crippen molar-refractivity contribution in [1.29, 1.82) is 0 Å². The van der Waals surface area contributed by atoms with Gasteiger partial charge >= 0.3 is 5.97 Å². The summed E-state index contributed by atoms with van der Waals surface area (Å²) in [5.41, 5.74) is 0.615. The van der Waals surface area contributed by atoms with E-state index < -0.39 is 11.8 Å². The first kappa shape index (κ1) is 17.7. The van der Waals surface area contributed by atoms with Crippen molar-refractivity contribution in [3.8, 4) is 5.75 Å². The van der Waals surface area contributed by atoms with Crippen LogP contribution in [0.1, 0.15) is 17.3 Å². The number of benzene rings is 2. The van der Waals surface area contributed by atoms with Crippen LogP contribution in [0, 0.1) is 5.82 Å². The fraction of sp³-hybridized carbons (Fsp3) is 0.176. The molecule has 0 amide bonds. The van der Waals surface area contributed by atoms with Crippen LogP contribution in [0.15, 0.2) is 42.5 Å². The van der Waals surface area contributed by atoms with Crippen molar-refractivity contribution >= 4 is 29.0 Å². The number of hydrogen-bond donors (Lipinski definition) is 1. The maximum Gasteiger partial charge on any atom is 0.335 e. The van der Waals surface area contributed by atoms with Gasteiger partial charge in [0, 0.05) is 5.69 Å². The lowest BCUT2D eigenvalue weighted by molar-refractivity contribution is -0.115. The summed E-state index contributed by atoms with van der Waals surface area (Å²) in [5, 5.41) is 9.18. The number of rotatable bonds is 7. The summed E-state index contributed by atoms with van der Waals surface area (Å²) >= 11 is 5.90. The maximum atomic E-state index is 13.1. The molecule has 2 aromatic rings. The van der Waals surface area contributed by atoms with Gasteiger partial charge in [-0.1, -0.05) is 17.7 Å². The third-order valence-corrected chi connectivity index (χ3v) is 3.44. The van der Waals surface area contributed by atoms with Gasteiger partial charge in [0.1, 0.15) is 17.3 Å². The normalized spacial score (nSPS) is 10.3. The number of aromatic carboxylic acids is 1. The number of Topliss-reactive ketones (excluding diaryl/α,β-unsaturated/α-hetero) is 1. The molecule has 0 heterocycles. The summed E-state index contributed by atoms with van der Waals surface area (Å²) in [6.45, 7) is 1.40. The van der Waals surface area contributed by atoms with Crippen LogP contribution in [0.25, 0.3) is 0 Å². The van der Waals surface area contributed by atoms with Crippen LogP contribution in [-0.2, 0) is 4.79 Å². The first-order valence-corrected chi connectivity index (χ1v) is 7.40. The number of nitrogens with zero attached hydrogens (tertiary/aromatic N) is 1. The number of anilines is 1. The first-order chi connectivity index (χ1) is 11.4. The Morgan fingerprint density at radius 3 is 2.62 bits per heavy atom. The number of carboxylic acids is 1. The van der Waals surface area contributed by atoms with Crippen LogP contribution in [0.4, 0.5) is 10.1 Å². The highest BCUT2D eigenvalue weighted by atomic mass is 35.5. The fourth-order valence-corrected chi connectivity index (χ4v) is 2.28. The van der Waals surface area contributed by atoms with Crippen molar-refractivity contribution in [3.63, 3.8) is 0 Å². The third-order valence-electron chi connectivity index (χ3n) is 3.14. The largest absolute Gasteiger partial charge is 0.478 e. The molecule has 126 valence electrons. The highest BCUT2D eigenvalue weighted by molar-refractivity contribution is 6.32. The van der Waals surface area contributed by atoms with Gasteiger partial charge in [-0.05, 0) is 43.3 Å². The molecule has 0 unspecified atom stereocenters. The van der Waals surface area contributed by atoms with Crippen molar-refractivity contribution in [2.75, 3.05) is 18.2 Å². The SMILES string of the molecule is CC(=O)CN(COc1ccc(F)cc1Cl)c1cccc(C(=O)O)c1. The van der Waals surface area contributed by atoms with Crippen LogP contribution in [0.5, 0.6) is 5.75 Å². The van der Waals surface area contributed by atoms with Gasteiger partial charge in [-0.15, -0.1) is 0 Å². The summed E-state index contributed by atoms with van der Waals surface area (Å²) in [5.74, 6) is -1.41. The fourth-order valence-electron chi connectivity index (χ4n) is 2.06. The highest BCUT2D eigenvalue weighted by Crippen LogP contribution is 2.26. The molecule has 0 saturated carbocycles. The minimum atomic E-state index is -1.07. The molecule has 24 heavy (non-hydrogen) atoms. The van der Waals surface area contributed by atoms with Crippen molar-refractivity contribution in [3.05, 3.63) is 58.9 Å². The van der Waals surface area contributed by atoms with E-state index in [0.717, 1.165) is 6.07 Å². The molecule has 0 bridgehead atoms. The number of ketones is 1. The summed E-state index contributed by atoms with van der Waals surface area (Å²) in [7, 11) is 0. The number of carbonyl (C=O) groups is 2. The highest BCUT2D eigenvalue weighted by Gasteiger charge is 2.13. The molecule has 0 aliphatic rings. The Morgan fingerprint density at radius 2 is 2.00 bits per heavy atom. The summed E-state index contributed by atoms with van der Waals surface area (Å²) in [6, 6.07) is 9.87. The zero-order chi connectivity index (χ0) is 17.7. The van der Waals surface area contributed by atoms with Crippen LogP contribution in [-0.4, -0.2) is 30.1 Å². The number of hydrogen-bond acceptors (Lipinski definition) is 4. The lowest BCUT2D eigenvalue weighted by atomic mass is 10.2. The molecular weight excluding hydrogens is 337 g/mol. The van der Waals surface area contributed by atoms with Gasteiger partial charge in [0.05, 0.1) is 17.1 Å². The molecule has 0 aliphatic carbocycles. The molecule has 5 nitrogen and oxygen atoms in total. The molecule has 0 spiro atoms. The van der Waals surface area contributed by atoms with Gasteiger partial charge in [-0.2, -0.15) is 0 Å². The van der Waals surface area contributed by atoms with E-state index in [2.05, 4.69) is 0 Å². The Bertz CT molecular complexity index is 766. The molecule has 2 rings (SSSR count). The second-order valence-electron chi connectivity index (χ2n) is 5.10. The zero-order valence-corrected chi connectivity index (χ0v) is 13.6. The van der Waals surface area contributed by atoms with Gasteiger partial charge in [0.25, 0.3) is 0 Å². The monoisotopic (exact) mass is 351 g/mol. The zero-order valence-electron chi connectivity index (χ0n) is 12.8. The first-order valence-electron chi connectivity index (χ1n) is 7.02. The Hall–Kier alpha value is -2.60. The van der Waals surface area contributed by atoms with E-state index >= 15 is 0 Å². The number of carboxylic acid groups (broad SMARTS) is 1. The number of carbonyl (C=O) groups excluding carboxylic acids is 1. The van der Waals surface area contributed by atoms with Crippen LogP contribution >= 0.6 is 11.6 Å². The van der Waals surface area contributed by atoms with E-state index in [1.54, 1.807) is 17.0 Å². The Kier molecular flexibility index (Phi) is 5.76. The van der Waals surface area contributed by atoms with Crippen molar-refractivity contribution < 1.29 is 23.8 Å². The van der Waals surface area contributed by atoms with Crippen LogP contribution in [0.2, 0.25) is 5.02 Å². The average molecular weight is 352 g/mol. The van der Waals surface area contributed by atoms with Gasteiger partial charge in [0.2, 0.25) is 0 Å². The van der Waals surface area contributed by atoms with Crippen molar-refractivity contribution in [2.24, 2.45) is 0 Å². The van der Waals surface area contributed by atoms with E-state index in [9.17, 15) is 14.0 Å². The predicted molar refractivity (Wildman–Crippen MR) is 88.3 cm³/mol. The standard InChI is InChI=1S/C17H15ClFNO4/c1-11(21)9-20(14-4-2-3-12(7-14)17(22)23)10-24-16-6-5-13(19)8-15(16)18/h2-8H,9-10H2,1H3,(H,22,23). The second kappa shape index (κ2) is 7.79. The molecule has 0 fully saturated rings. The Labute approximate surface area is 143 Å². The molecule has 0 aliphatic heterocycles. The van der Waals surface area contributed by atoms with Gasteiger partial charge in [-0.3, -0.25) is 4.79 Å². The quantitative estimate of drug-likeness (QED) is 0.772. The number of halogens is 2. The maximum absolute atomic E-state index is 13.1. The van der Waals surface area contributed by atoms with Gasteiger partial charge < -0.3 is 14.7 Å². The minimum Gasteiger partial charge on any atom is -0.478 e. The van der Waals surface area contributed by atoms with Gasteiger partial charge in [0.15, 0.2) is 6.73 Å². The molecule has 0 aromatic heterocycles. The van der Waals surface area contributed by atoms with E-state index in [4.69, 9.17) is 21.4 Å². The average Bonchev–Trinajstić information content (AvgIpc) is 2.52. The lowest BCUT2D eigenvalue weighted by Crippen LogP contribution is -2.32. The molecule has 0 atom stereocenters. The predicted octanol–water partition coefficient (Wildman–Crippen LogP) is 3.61. The number of ether oxygens (including phenoxy) is 1. The molecule has 2 aromatic carbocycles. The van der Waals surface area contributed by atoms with E-state index in [1.807, 2.05) is 0 Å². The summed E-state index contributed by atoms with van der Waals surface area (Å²) in [4.78, 5) is 24.1. The molecular formula is C17H15ClFNO4. The van der Waals surface area contributed by atoms with Gasteiger partial charge in [-0.25, -0.2) is 9.18 Å². The molecule has 7 heteroatoms.